The lowest BCUT2D eigenvalue weighted by atomic mass is 9.74. The van der Waals surface area contributed by atoms with Gasteiger partial charge in [-0.15, -0.1) is 0 Å². The van der Waals surface area contributed by atoms with Crippen LogP contribution in [0.1, 0.15) is 17.5 Å². The van der Waals surface area contributed by atoms with E-state index in [2.05, 4.69) is 23.7 Å². The number of hydrogen-bond donors (Lipinski definition) is 2. The third kappa shape index (κ3) is 12.9. The fourth-order valence-corrected chi connectivity index (χ4v) is 3.92. The van der Waals surface area contributed by atoms with Crippen LogP contribution in [0, 0.1) is 29.1 Å². The molecule has 7 nitrogen and oxygen atoms in total. The van der Waals surface area contributed by atoms with Crippen LogP contribution in [0.25, 0.3) is 0 Å². The fourth-order valence-electron chi connectivity index (χ4n) is 3.92. The van der Waals surface area contributed by atoms with Crippen LogP contribution in [0.3, 0.4) is 0 Å². The van der Waals surface area contributed by atoms with Crippen molar-refractivity contribution in [2.75, 3.05) is 72.7 Å². The van der Waals surface area contributed by atoms with E-state index >= 15 is 0 Å². The van der Waals surface area contributed by atoms with Gasteiger partial charge in [-0.2, -0.15) is 0 Å². The van der Waals surface area contributed by atoms with Gasteiger partial charge in [0.05, 0.1) is 84.2 Å². The van der Waals surface area contributed by atoms with Crippen molar-refractivity contribution < 1.29 is 33.9 Å². The largest absolute Gasteiger partial charge is 0.394 e. The lowest BCUT2D eigenvalue weighted by Crippen LogP contribution is -2.37. The summed E-state index contributed by atoms with van der Waals surface area (Å²) in [5, 5.41) is 19.9. The average Bonchev–Trinajstić information content (AvgIpc) is 3.02. The Morgan fingerprint density at radius 3 is 1.73 bits per heavy atom. The molecule has 218 valence electrons. The minimum absolute atomic E-state index is 0.0138. The predicted octanol–water partition coefficient (Wildman–Crippen LogP) is 3.40. The van der Waals surface area contributed by atoms with Gasteiger partial charge in [-0.3, -0.25) is 0 Å². The van der Waals surface area contributed by atoms with E-state index in [1.54, 1.807) is 0 Å². The first-order valence-corrected chi connectivity index (χ1v) is 13.9. The maximum absolute atomic E-state index is 11.3. The number of aliphatic hydroxyl groups is 2. The zero-order valence-corrected chi connectivity index (χ0v) is 23.5. The third-order valence-electron chi connectivity index (χ3n) is 6.12. The van der Waals surface area contributed by atoms with E-state index in [4.69, 9.17) is 28.8 Å². The molecular formula is C34H40O7. The van der Waals surface area contributed by atoms with Gasteiger partial charge < -0.3 is 33.9 Å². The van der Waals surface area contributed by atoms with Crippen LogP contribution in [0.2, 0.25) is 0 Å². The third-order valence-corrected chi connectivity index (χ3v) is 6.12. The molecule has 0 aromatic heterocycles. The van der Waals surface area contributed by atoms with Crippen LogP contribution < -0.4 is 0 Å². The molecule has 2 aromatic rings. The highest BCUT2D eigenvalue weighted by Gasteiger charge is 2.36. The molecule has 0 saturated carbocycles. The first-order valence-electron chi connectivity index (χ1n) is 13.9. The summed E-state index contributed by atoms with van der Waals surface area (Å²) < 4.78 is 27.3. The van der Waals surface area contributed by atoms with E-state index in [0.717, 1.165) is 16.7 Å². The van der Waals surface area contributed by atoms with Crippen LogP contribution in [-0.4, -0.2) is 89.0 Å². The standard InChI is InChI=1S/C34H40O7/c35-18-19-37-20-21-38-22-23-39-24-25-40-26-27-41-29-33(36)34(17-15-31-10-5-2-6-11-31)16-7-12-32(28-34)14-13-30-8-3-1-4-9-30/h1-12,16,33,35-36H,18-29H2. The monoisotopic (exact) mass is 560 g/mol. The highest BCUT2D eigenvalue weighted by atomic mass is 16.6. The summed E-state index contributed by atoms with van der Waals surface area (Å²) in [6.45, 7) is 3.95. The van der Waals surface area contributed by atoms with Crippen molar-refractivity contribution in [2.24, 2.45) is 5.41 Å². The minimum Gasteiger partial charge on any atom is -0.394 e. The number of allylic oxidation sites excluding steroid dienone is 3. The Bertz CT molecular complexity index is 1170. The van der Waals surface area contributed by atoms with Gasteiger partial charge in [0.1, 0.15) is 0 Å². The Kier molecular flexibility index (Phi) is 15.6. The van der Waals surface area contributed by atoms with Gasteiger partial charge in [0, 0.05) is 23.1 Å². The van der Waals surface area contributed by atoms with E-state index in [1.807, 2.05) is 78.9 Å². The summed E-state index contributed by atoms with van der Waals surface area (Å²) in [4.78, 5) is 0. The van der Waals surface area contributed by atoms with Gasteiger partial charge >= 0.3 is 0 Å². The molecule has 0 radical (unpaired) electrons. The van der Waals surface area contributed by atoms with Crippen molar-refractivity contribution in [3.8, 4) is 23.7 Å². The Morgan fingerprint density at radius 2 is 1.17 bits per heavy atom. The highest BCUT2D eigenvalue weighted by Crippen LogP contribution is 2.35. The molecule has 1 aliphatic rings. The highest BCUT2D eigenvalue weighted by molar-refractivity contribution is 5.47. The average molecular weight is 561 g/mol. The van der Waals surface area contributed by atoms with Crippen LogP contribution in [-0.2, 0) is 23.7 Å². The molecular weight excluding hydrogens is 520 g/mol. The summed E-state index contributed by atoms with van der Waals surface area (Å²) >= 11 is 0. The second-order valence-electron chi connectivity index (χ2n) is 9.26. The number of ether oxygens (including phenoxy) is 5. The Morgan fingerprint density at radius 1 is 0.659 bits per heavy atom. The zero-order chi connectivity index (χ0) is 28.9. The second-order valence-corrected chi connectivity index (χ2v) is 9.26. The first-order chi connectivity index (χ1) is 20.2. The summed E-state index contributed by atoms with van der Waals surface area (Å²) in [7, 11) is 0. The van der Waals surface area contributed by atoms with Crippen molar-refractivity contribution in [1.82, 2.24) is 0 Å². The molecule has 3 rings (SSSR count). The van der Waals surface area contributed by atoms with Crippen molar-refractivity contribution in [3.63, 3.8) is 0 Å². The van der Waals surface area contributed by atoms with Gasteiger partial charge in [0.15, 0.2) is 0 Å². The number of benzene rings is 2. The molecule has 0 amide bonds. The maximum Gasteiger partial charge on any atom is 0.0977 e. The zero-order valence-electron chi connectivity index (χ0n) is 23.5. The number of aliphatic hydroxyl groups excluding tert-OH is 2. The van der Waals surface area contributed by atoms with E-state index in [0.29, 0.717) is 65.9 Å². The maximum atomic E-state index is 11.3. The predicted molar refractivity (Wildman–Crippen MR) is 158 cm³/mol. The normalized spacial score (nSPS) is 16.7. The molecule has 2 atom stereocenters. The quantitative estimate of drug-likeness (QED) is 0.227. The van der Waals surface area contributed by atoms with Gasteiger partial charge in [0.2, 0.25) is 0 Å². The van der Waals surface area contributed by atoms with Gasteiger partial charge in [-0.25, -0.2) is 0 Å². The molecule has 0 spiro atoms. The summed E-state index contributed by atoms with van der Waals surface area (Å²) in [5.74, 6) is 13.0. The fraction of sp³-hybridized carbons (Fsp3) is 0.412. The molecule has 0 saturated heterocycles. The molecule has 1 aliphatic carbocycles. The topological polar surface area (TPSA) is 86.6 Å². The second kappa shape index (κ2) is 19.8. The number of rotatable bonds is 17. The molecule has 0 fully saturated rings. The van der Waals surface area contributed by atoms with Crippen LogP contribution in [0.15, 0.2) is 84.5 Å². The molecule has 2 aromatic carbocycles. The van der Waals surface area contributed by atoms with Gasteiger partial charge in [-0.1, -0.05) is 78.3 Å². The van der Waals surface area contributed by atoms with Crippen LogP contribution in [0.5, 0.6) is 0 Å². The van der Waals surface area contributed by atoms with E-state index < -0.39 is 11.5 Å². The van der Waals surface area contributed by atoms with Crippen molar-refractivity contribution in [1.29, 1.82) is 0 Å². The lowest BCUT2D eigenvalue weighted by molar-refractivity contribution is -0.0342. The Labute approximate surface area is 243 Å². The minimum atomic E-state index is -0.852. The smallest absolute Gasteiger partial charge is 0.0977 e. The summed E-state index contributed by atoms with van der Waals surface area (Å²) in [6, 6.07) is 19.6. The first kappa shape index (κ1) is 32.3. The molecule has 0 bridgehead atoms. The number of hydrogen-bond acceptors (Lipinski definition) is 7. The van der Waals surface area contributed by atoms with Gasteiger partial charge in [0.25, 0.3) is 0 Å². The van der Waals surface area contributed by atoms with Crippen molar-refractivity contribution >= 4 is 0 Å². The van der Waals surface area contributed by atoms with E-state index in [-0.39, 0.29) is 13.2 Å². The SMILES string of the molecule is OCCOCCOCCOCCOCCOCC(O)C1(C#Cc2ccccc2)C=CC=C(C#Cc2ccccc2)C1. The van der Waals surface area contributed by atoms with E-state index in [9.17, 15) is 5.11 Å². The Hall–Kier alpha value is -3.24. The molecule has 0 heterocycles. The van der Waals surface area contributed by atoms with Crippen molar-refractivity contribution in [2.45, 2.75) is 12.5 Å². The lowest BCUT2D eigenvalue weighted by Gasteiger charge is -2.32. The van der Waals surface area contributed by atoms with Crippen molar-refractivity contribution in [3.05, 3.63) is 95.6 Å². The summed E-state index contributed by atoms with van der Waals surface area (Å²) in [5.41, 5.74) is 1.90. The molecule has 41 heavy (non-hydrogen) atoms. The summed E-state index contributed by atoms with van der Waals surface area (Å²) in [6.07, 6.45) is 5.47. The Balaban J connectivity index is 1.42. The van der Waals surface area contributed by atoms with Gasteiger partial charge in [-0.05, 0) is 24.3 Å². The molecule has 7 heteroatoms. The molecule has 2 unspecified atom stereocenters. The molecule has 2 N–H and O–H groups in total. The molecule has 0 aliphatic heterocycles. The van der Waals surface area contributed by atoms with E-state index in [1.165, 1.54) is 0 Å². The van der Waals surface area contributed by atoms with Crippen LogP contribution in [0.4, 0.5) is 0 Å². The van der Waals surface area contributed by atoms with Crippen LogP contribution >= 0.6 is 0 Å².